The molecule has 0 aromatic carbocycles. The van der Waals surface area contributed by atoms with E-state index >= 15 is 0 Å². The summed E-state index contributed by atoms with van der Waals surface area (Å²) in [4.78, 5) is 17.7. The first-order valence-corrected chi connectivity index (χ1v) is 6.12. The number of hydrogen-bond acceptors (Lipinski definition) is 5. The second-order valence-corrected chi connectivity index (χ2v) is 4.48. The normalized spacial score (nSPS) is 20.0. The Morgan fingerprint density at radius 3 is 3.06 bits per heavy atom. The first-order chi connectivity index (χ1) is 8.74. The zero-order chi connectivity index (χ0) is 13.0. The molecule has 1 aromatic heterocycles. The van der Waals surface area contributed by atoms with Crippen LogP contribution in [0.15, 0.2) is 18.3 Å². The van der Waals surface area contributed by atoms with Gasteiger partial charge in [-0.05, 0) is 31.5 Å². The average Bonchev–Trinajstić information content (AvgIpc) is 2.86. The lowest BCUT2D eigenvalue weighted by molar-refractivity contribution is 0.0600. The number of rotatable bonds is 4. The summed E-state index contributed by atoms with van der Waals surface area (Å²) in [5.74, 6) is -0.372. The fourth-order valence-corrected chi connectivity index (χ4v) is 2.27. The van der Waals surface area contributed by atoms with E-state index in [1.807, 2.05) is 6.07 Å². The number of methoxy groups -OCH3 is 1. The molecule has 2 rings (SSSR count). The summed E-state index contributed by atoms with van der Waals surface area (Å²) >= 11 is 0. The van der Waals surface area contributed by atoms with Gasteiger partial charge >= 0.3 is 5.97 Å². The molecule has 5 heteroatoms. The third-order valence-electron chi connectivity index (χ3n) is 3.32. The van der Waals surface area contributed by atoms with Crippen molar-refractivity contribution >= 4 is 5.97 Å². The summed E-state index contributed by atoms with van der Waals surface area (Å²) in [5, 5.41) is 9.24. The van der Waals surface area contributed by atoms with E-state index in [1.54, 1.807) is 6.07 Å². The molecule has 5 nitrogen and oxygen atoms in total. The van der Waals surface area contributed by atoms with Crippen LogP contribution in [0.1, 0.15) is 28.9 Å². The average molecular weight is 250 g/mol. The van der Waals surface area contributed by atoms with E-state index in [-0.39, 0.29) is 18.6 Å². The Labute approximate surface area is 106 Å². The molecule has 1 aliphatic heterocycles. The van der Waals surface area contributed by atoms with Crippen molar-refractivity contribution in [2.24, 2.45) is 0 Å². The molecule has 1 atom stereocenters. The van der Waals surface area contributed by atoms with Crippen molar-refractivity contribution in [3.63, 3.8) is 0 Å². The van der Waals surface area contributed by atoms with Crippen molar-refractivity contribution in [3.8, 4) is 0 Å². The van der Waals surface area contributed by atoms with Crippen LogP contribution in [-0.4, -0.2) is 47.3 Å². The van der Waals surface area contributed by atoms with E-state index in [0.29, 0.717) is 12.1 Å². The van der Waals surface area contributed by atoms with Crippen LogP contribution in [0.2, 0.25) is 0 Å². The number of aliphatic hydroxyl groups excluding tert-OH is 1. The molecule has 0 amide bonds. The number of carbonyl (C=O) groups is 1. The summed E-state index contributed by atoms with van der Waals surface area (Å²) in [6, 6.07) is 3.80. The zero-order valence-corrected chi connectivity index (χ0v) is 10.5. The van der Waals surface area contributed by atoms with Crippen LogP contribution in [0, 0.1) is 0 Å². The van der Waals surface area contributed by atoms with Gasteiger partial charge in [-0.25, -0.2) is 4.79 Å². The highest BCUT2D eigenvalue weighted by molar-refractivity contribution is 5.88. The highest BCUT2D eigenvalue weighted by Gasteiger charge is 2.23. The van der Waals surface area contributed by atoms with Crippen molar-refractivity contribution in [1.29, 1.82) is 0 Å². The smallest absolute Gasteiger partial charge is 0.339 e. The minimum absolute atomic E-state index is 0.195. The molecule has 1 aliphatic rings. The summed E-state index contributed by atoms with van der Waals surface area (Å²) in [5.41, 5.74) is 1.37. The number of nitrogens with zero attached hydrogens (tertiary/aromatic N) is 2. The van der Waals surface area contributed by atoms with E-state index in [1.165, 1.54) is 13.3 Å². The summed E-state index contributed by atoms with van der Waals surface area (Å²) in [6.07, 6.45) is 3.69. The molecule has 0 saturated carbocycles. The van der Waals surface area contributed by atoms with Gasteiger partial charge in [0.2, 0.25) is 0 Å². The Kier molecular flexibility index (Phi) is 4.28. The van der Waals surface area contributed by atoms with Crippen LogP contribution in [0.5, 0.6) is 0 Å². The van der Waals surface area contributed by atoms with Gasteiger partial charge in [-0.3, -0.25) is 9.88 Å². The molecule has 0 aliphatic carbocycles. The Balaban J connectivity index is 2.00. The highest BCUT2D eigenvalue weighted by Crippen LogP contribution is 2.18. The molecule has 0 unspecified atom stereocenters. The number of aromatic nitrogens is 1. The van der Waals surface area contributed by atoms with Crippen LogP contribution in [-0.2, 0) is 11.3 Å². The fourth-order valence-electron chi connectivity index (χ4n) is 2.27. The number of esters is 1. The summed E-state index contributed by atoms with van der Waals surface area (Å²) < 4.78 is 4.62. The molecule has 1 fully saturated rings. The van der Waals surface area contributed by atoms with Gasteiger partial charge in [0, 0.05) is 18.8 Å². The van der Waals surface area contributed by atoms with Gasteiger partial charge in [-0.15, -0.1) is 0 Å². The minimum atomic E-state index is -0.372. The van der Waals surface area contributed by atoms with Crippen molar-refractivity contribution in [3.05, 3.63) is 29.6 Å². The Morgan fingerprint density at radius 1 is 1.61 bits per heavy atom. The number of aliphatic hydroxyl groups is 1. The van der Waals surface area contributed by atoms with E-state index in [2.05, 4.69) is 14.6 Å². The zero-order valence-electron chi connectivity index (χ0n) is 10.5. The van der Waals surface area contributed by atoms with E-state index < -0.39 is 0 Å². The molecule has 98 valence electrons. The molecule has 1 saturated heterocycles. The summed E-state index contributed by atoms with van der Waals surface area (Å²) in [7, 11) is 1.35. The van der Waals surface area contributed by atoms with Gasteiger partial charge in [0.05, 0.1) is 25.0 Å². The molecule has 18 heavy (non-hydrogen) atoms. The number of hydrogen-bond donors (Lipinski definition) is 1. The van der Waals surface area contributed by atoms with Crippen LogP contribution in [0.25, 0.3) is 0 Å². The predicted molar refractivity (Wildman–Crippen MR) is 66.1 cm³/mol. The topological polar surface area (TPSA) is 62.7 Å². The van der Waals surface area contributed by atoms with Gasteiger partial charge in [-0.2, -0.15) is 0 Å². The third-order valence-corrected chi connectivity index (χ3v) is 3.32. The Morgan fingerprint density at radius 2 is 2.44 bits per heavy atom. The van der Waals surface area contributed by atoms with Gasteiger partial charge in [0.1, 0.15) is 0 Å². The van der Waals surface area contributed by atoms with Crippen LogP contribution >= 0.6 is 0 Å². The van der Waals surface area contributed by atoms with E-state index in [0.717, 1.165) is 25.1 Å². The van der Waals surface area contributed by atoms with Crippen molar-refractivity contribution < 1.29 is 14.6 Å². The number of carbonyl (C=O) groups excluding carboxylic acids is 1. The van der Waals surface area contributed by atoms with Crippen molar-refractivity contribution in [2.45, 2.75) is 25.4 Å². The molecule has 1 aromatic rings. The maximum Gasteiger partial charge on any atom is 0.339 e. The highest BCUT2D eigenvalue weighted by atomic mass is 16.5. The number of likely N-dealkylation sites (tertiary alicyclic amines) is 1. The minimum Gasteiger partial charge on any atom is -0.465 e. The number of ether oxygens (including phenoxy) is 1. The second kappa shape index (κ2) is 5.93. The monoisotopic (exact) mass is 250 g/mol. The summed E-state index contributed by atoms with van der Waals surface area (Å²) in [6.45, 7) is 1.90. The first-order valence-electron chi connectivity index (χ1n) is 6.12. The molecule has 0 spiro atoms. The van der Waals surface area contributed by atoms with Crippen molar-refractivity contribution in [2.75, 3.05) is 20.3 Å². The standard InChI is InChI=1S/C13H18N2O3/c1-18-13(17)10-4-5-11(14-7-10)8-15-6-2-3-12(15)9-16/h4-5,7,12,16H,2-3,6,8-9H2,1H3/t12-/m1/s1. The fraction of sp³-hybridized carbons (Fsp3) is 0.538. The Bertz CT molecular complexity index is 405. The van der Waals surface area contributed by atoms with E-state index in [4.69, 9.17) is 0 Å². The van der Waals surface area contributed by atoms with Gasteiger partial charge in [0.25, 0.3) is 0 Å². The SMILES string of the molecule is COC(=O)c1ccc(CN2CCC[C@@H]2CO)nc1. The molecular weight excluding hydrogens is 232 g/mol. The second-order valence-electron chi connectivity index (χ2n) is 4.48. The molecular formula is C13H18N2O3. The molecule has 2 heterocycles. The molecule has 0 radical (unpaired) electrons. The van der Waals surface area contributed by atoms with Crippen LogP contribution in [0.3, 0.4) is 0 Å². The number of pyridine rings is 1. The Hall–Kier alpha value is -1.46. The maximum absolute atomic E-state index is 11.3. The van der Waals surface area contributed by atoms with Gasteiger partial charge in [0.15, 0.2) is 0 Å². The van der Waals surface area contributed by atoms with E-state index in [9.17, 15) is 9.90 Å². The molecule has 0 bridgehead atoms. The lowest BCUT2D eigenvalue weighted by Gasteiger charge is -2.21. The van der Waals surface area contributed by atoms with Gasteiger partial charge < -0.3 is 9.84 Å². The quantitative estimate of drug-likeness (QED) is 0.802. The lowest BCUT2D eigenvalue weighted by atomic mass is 10.2. The predicted octanol–water partition coefficient (Wildman–Crippen LogP) is 0.825. The maximum atomic E-state index is 11.3. The third kappa shape index (κ3) is 2.86. The molecule has 1 N–H and O–H groups in total. The van der Waals surface area contributed by atoms with Crippen LogP contribution in [0.4, 0.5) is 0 Å². The van der Waals surface area contributed by atoms with Crippen molar-refractivity contribution in [1.82, 2.24) is 9.88 Å². The largest absolute Gasteiger partial charge is 0.465 e. The van der Waals surface area contributed by atoms with Gasteiger partial charge in [-0.1, -0.05) is 0 Å². The lowest BCUT2D eigenvalue weighted by Crippen LogP contribution is -2.31. The van der Waals surface area contributed by atoms with Crippen LogP contribution < -0.4 is 0 Å². The first kappa shape index (κ1) is 13.0.